The molecule has 0 amide bonds. The summed E-state index contributed by atoms with van der Waals surface area (Å²) in [5.41, 5.74) is 10.1. The largest absolute Gasteiger partial charge is 0.490 e. The number of aromatic amines is 1. The number of nitrogens with one attached hydrogen (secondary N) is 1. The van der Waals surface area contributed by atoms with Crippen LogP contribution in [0.5, 0.6) is 0 Å². The van der Waals surface area contributed by atoms with Gasteiger partial charge in [-0.3, -0.25) is 18.9 Å². The fourth-order valence-corrected chi connectivity index (χ4v) is 7.11. The number of rotatable bonds is 10. The van der Waals surface area contributed by atoms with Gasteiger partial charge in [-0.15, -0.1) is 0 Å². The van der Waals surface area contributed by atoms with Crippen LogP contribution in [-0.4, -0.2) is 75.1 Å². The van der Waals surface area contributed by atoms with Crippen molar-refractivity contribution in [3.8, 4) is 0 Å². The zero-order valence-corrected chi connectivity index (χ0v) is 24.6. The summed E-state index contributed by atoms with van der Waals surface area (Å²) >= 11 is 3.17. The molecule has 0 radical (unpaired) electrons. The van der Waals surface area contributed by atoms with E-state index in [-0.39, 0.29) is 28.4 Å². The molecule has 0 spiro atoms. The second-order valence-electron chi connectivity index (χ2n) is 8.32. The number of aliphatic hydroxyl groups excluding tert-OH is 1. The summed E-state index contributed by atoms with van der Waals surface area (Å²) in [6.07, 6.45) is -5.68. The summed E-state index contributed by atoms with van der Waals surface area (Å²) in [6.45, 7) is -1.11. The third-order valence-electron chi connectivity index (χ3n) is 5.33. The Morgan fingerprint density at radius 1 is 1.14 bits per heavy atom. The van der Waals surface area contributed by atoms with Gasteiger partial charge in [0.15, 0.2) is 23.5 Å². The Morgan fingerprint density at radius 2 is 1.83 bits per heavy atom. The van der Waals surface area contributed by atoms with E-state index < -0.39 is 66.1 Å². The van der Waals surface area contributed by atoms with E-state index in [1.165, 1.54) is 18.2 Å². The molecule has 1 fully saturated rings. The van der Waals surface area contributed by atoms with Crippen molar-refractivity contribution in [2.45, 2.75) is 24.5 Å². The molecule has 10 N–H and O–H groups in total. The van der Waals surface area contributed by atoms with Crippen LogP contribution in [0.2, 0.25) is 0 Å². The molecule has 0 bridgehead atoms. The standard InChI is InChI=1S/C17H20BrN6O15P3/c18-6-1-2-8(19)7(3-6)16(27)37-12-9(4-35-41(31,32)39-42(33,34)38-40(28,29)30)36-15(11(12)25)24-5-21-10-13(24)22-17(20)23-14(10)26/h1-3,5,9,11-12,15,25H,4,19H2,(H,31,32)(H,33,34)(H2,28,29,30)(H3,20,22,23,26). The third kappa shape index (κ3) is 7.50. The Morgan fingerprint density at radius 3 is 2.50 bits per heavy atom. The molecule has 21 nitrogen and oxygen atoms in total. The first-order chi connectivity index (χ1) is 19.4. The highest BCUT2D eigenvalue weighted by molar-refractivity contribution is 9.10. The van der Waals surface area contributed by atoms with Crippen molar-refractivity contribution in [3.05, 3.63) is 44.9 Å². The molecular formula is C17H20BrN6O15P3. The predicted molar refractivity (Wildman–Crippen MR) is 140 cm³/mol. The van der Waals surface area contributed by atoms with Gasteiger partial charge in [0.25, 0.3) is 5.56 Å². The van der Waals surface area contributed by atoms with Gasteiger partial charge in [-0.2, -0.15) is 13.6 Å². The number of H-pyrrole nitrogens is 1. The molecule has 1 saturated heterocycles. The number of esters is 1. The second kappa shape index (κ2) is 11.9. The van der Waals surface area contributed by atoms with Gasteiger partial charge in [0.1, 0.15) is 12.2 Å². The number of nitrogens with two attached hydrogens (primary N) is 2. The van der Waals surface area contributed by atoms with Gasteiger partial charge in [0.05, 0.1) is 18.5 Å². The molecule has 0 saturated carbocycles. The van der Waals surface area contributed by atoms with Crippen LogP contribution in [0.4, 0.5) is 11.6 Å². The van der Waals surface area contributed by atoms with Gasteiger partial charge in [-0.1, -0.05) is 15.9 Å². The van der Waals surface area contributed by atoms with Gasteiger partial charge in [-0.05, 0) is 18.2 Å². The van der Waals surface area contributed by atoms with Gasteiger partial charge in [0.2, 0.25) is 5.95 Å². The molecular weight excluding hydrogens is 701 g/mol. The number of carbonyl (C=O) groups excluding carboxylic acids is 1. The SMILES string of the molecule is Nc1nc2c(ncn2C2OC(COP(=O)(O)OP(=O)(O)OP(=O)(O)O)C(OC(=O)c3cc(Br)ccc3N)C2O)c(=O)[nH]1. The van der Waals surface area contributed by atoms with Gasteiger partial charge >= 0.3 is 29.4 Å². The number of aromatic nitrogens is 4. The van der Waals surface area contributed by atoms with Crippen molar-refractivity contribution in [1.29, 1.82) is 0 Å². The van der Waals surface area contributed by atoms with Crippen molar-refractivity contribution in [3.63, 3.8) is 0 Å². The molecule has 3 heterocycles. The number of ether oxygens (including phenoxy) is 2. The second-order valence-corrected chi connectivity index (χ2v) is 13.7. The highest BCUT2D eigenvalue weighted by Crippen LogP contribution is 2.66. The van der Waals surface area contributed by atoms with E-state index in [9.17, 15) is 38.2 Å². The fraction of sp³-hybridized carbons (Fsp3) is 0.294. The zero-order chi connectivity index (χ0) is 31.2. The van der Waals surface area contributed by atoms with Crippen LogP contribution in [0.3, 0.4) is 0 Å². The first kappa shape index (κ1) is 32.4. The minimum Gasteiger partial charge on any atom is -0.453 e. The Kier molecular flexibility index (Phi) is 9.13. The normalized spacial score (nSPS) is 23.9. The van der Waals surface area contributed by atoms with Gasteiger partial charge in [-0.25, -0.2) is 23.5 Å². The number of carbonyl (C=O) groups is 1. The van der Waals surface area contributed by atoms with Crippen LogP contribution in [-0.2, 0) is 36.3 Å². The highest BCUT2D eigenvalue weighted by atomic mass is 79.9. The van der Waals surface area contributed by atoms with E-state index in [0.717, 1.165) is 10.9 Å². The molecule has 2 aromatic heterocycles. The quantitative estimate of drug-likeness (QED) is 0.0768. The Bertz CT molecular complexity index is 1730. The first-order valence-corrected chi connectivity index (χ1v) is 16.3. The molecule has 1 aliphatic rings. The number of nitrogen functional groups attached to an aromatic ring is 2. The van der Waals surface area contributed by atoms with E-state index in [4.69, 9.17) is 30.7 Å². The highest BCUT2D eigenvalue weighted by Gasteiger charge is 2.50. The average Bonchev–Trinajstić information content (AvgIpc) is 3.38. The maximum atomic E-state index is 13.0. The lowest BCUT2D eigenvalue weighted by Gasteiger charge is -2.22. The molecule has 0 aliphatic carbocycles. The van der Waals surface area contributed by atoms with Crippen molar-refractivity contribution in [2.24, 2.45) is 0 Å². The number of anilines is 2. The number of fused-ring (bicyclic) bond motifs is 1. The third-order valence-corrected chi connectivity index (χ3v) is 9.63. The minimum atomic E-state index is -5.85. The molecule has 4 rings (SSSR count). The zero-order valence-electron chi connectivity index (χ0n) is 20.4. The Labute approximate surface area is 240 Å². The van der Waals surface area contributed by atoms with Crippen LogP contribution in [0.15, 0.2) is 33.8 Å². The molecule has 6 atom stereocenters. The number of hydrogen-bond acceptors (Lipinski definition) is 15. The van der Waals surface area contributed by atoms with Crippen LogP contribution in [0.1, 0.15) is 16.6 Å². The molecule has 230 valence electrons. The molecule has 1 aliphatic heterocycles. The lowest BCUT2D eigenvalue weighted by Crippen LogP contribution is -2.38. The Hall–Kier alpha value is -2.55. The number of phosphoric acid groups is 3. The smallest absolute Gasteiger partial charge is 0.453 e. The molecule has 3 aromatic rings. The number of aliphatic hydroxyl groups is 1. The van der Waals surface area contributed by atoms with E-state index in [0.29, 0.717) is 4.47 Å². The van der Waals surface area contributed by atoms with E-state index in [1.807, 2.05) is 0 Å². The van der Waals surface area contributed by atoms with Crippen molar-refractivity contribution in [1.82, 2.24) is 19.5 Å². The Balaban J connectivity index is 1.63. The lowest BCUT2D eigenvalue weighted by atomic mass is 10.1. The fourth-order valence-electron chi connectivity index (χ4n) is 3.72. The van der Waals surface area contributed by atoms with Gasteiger partial charge < -0.3 is 45.6 Å². The average molecular weight is 721 g/mol. The topological polar surface area (TPSA) is 331 Å². The molecule has 1 aromatic carbocycles. The van der Waals surface area contributed by atoms with Crippen LogP contribution in [0, 0.1) is 0 Å². The van der Waals surface area contributed by atoms with Crippen LogP contribution >= 0.6 is 39.4 Å². The van der Waals surface area contributed by atoms with Crippen molar-refractivity contribution >= 4 is 68.2 Å². The summed E-state index contributed by atoms with van der Waals surface area (Å²) in [4.78, 5) is 71.8. The maximum absolute atomic E-state index is 13.0. The summed E-state index contributed by atoms with van der Waals surface area (Å²) in [5, 5.41) is 11.1. The number of imidazole rings is 1. The summed E-state index contributed by atoms with van der Waals surface area (Å²) in [6, 6.07) is 4.22. The summed E-state index contributed by atoms with van der Waals surface area (Å²) in [5.74, 6) is -1.40. The van der Waals surface area contributed by atoms with Crippen molar-refractivity contribution < 1.29 is 65.8 Å². The van der Waals surface area contributed by atoms with E-state index in [1.54, 1.807) is 0 Å². The van der Waals surface area contributed by atoms with E-state index in [2.05, 4.69) is 44.0 Å². The minimum absolute atomic E-state index is 0.0162. The number of halogens is 1. The number of nitrogens with zero attached hydrogens (tertiary/aromatic N) is 3. The maximum Gasteiger partial charge on any atom is 0.490 e. The monoisotopic (exact) mass is 720 g/mol. The summed E-state index contributed by atoms with van der Waals surface area (Å²) in [7, 11) is -17.1. The van der Waals surface area contributed by atoms with Gasteiger partial charge in [0, 0.05) is 10.2 Å². The number of hydrogen-bond donors (Lipinski definition) is 8. The first-order valence-electron chi connectivity index (χ1n) is 11.0. The molecule has 42 heavy (non-hydrogen) atoms. The van der Waals surface area contributed by atoms with Crippen LogP contribution < -0.4 is 17.0 Å². The number of phosphoric ester groups is 1. The van der Waals surface area contributed by atoms with Crippen LogP contribution in [0.25, 0.3) is 11.2 Å². The predicted octanol–water partition coefficient (Wildman–Crippen LogP) is -0.126. The molecule has 6 unspecified atom stereocenters. The van der Waals surface area contributed by atoms with Crippen molar-refractivity contribution in [2.75, 3.05) is 18.1 Å². The van der Waals surface area contributed by atoms with E-state index >= 15 is 0 Å². The lowest BCUT2D eigenvalue weighted by molar-refractivity contribution is -0.0520. The summed E-state index contributed by atoms with van der Waals surface area (Å²) < 4.78 is 59.3. The number of benzene rings is 1. The molecule has 25 heteroatoms.